The van der Waals surface area contributed by atoms with Crippen molar-refractivity contribution in [3.8, 4) is 0 Å². The number of rotatable bonds is 3. The fraction of sp³-hybridized carbons (Fsp3) is 0.167. The summed E-state index contributed by atoms with van der Waals surface area (Å²) in [6.45, 7) is 0.719. The Bertz CT molecular complexity index is 720. The molecule has 0 saturated heterocycles. The smallest absolute Gasteiger partial charge is 0.180 e. The molecule has 0 atom stereocenters. The molecule has 0 spiro atoms. The van der Waals surface area contributed by atoms with Gasteiger partial charge in [-0.05, 0) is 12.1 Å². The van der Waals surface area contributed by atoms with Crippen molar-refractivity contribution in [2.45, 2.75) is 6.54 Å². The number of nitrogens with zero attached hydrogens (tertiary/aromatic N) is 4. The second-order valence-corrected chi connectivity index (χ2v) is 6.01. The monoisotopic (exact) mass is 293 g/mol. The molecular formula is C12H12ClN5S. The van der Waals surface area contributed by atoms with Gasteiger partial charge >= 0.3 is 0 Å². The van der Waals surface area contributed by atoms with Gasteiger partial charge in [0.15, 0.2) is 11.5 Å². The number of thiophene rings is 1. The molecule has 3 aromatic rings. The minimum Gasteiger partial charge on any atom is -0.382 e. The first-order valence-electron chi connectivity index (χ1n) is 5.68. The number of imidazole rings is 1. The Balaban J connectivity index is 1.96. The topological polar surface area (TPSA) is 59.5 Å². The number of nitrogens with two attached hydrogens (primary N) is 1. The molecule has 0 bridgehead atoms. The molecular weight excluding hydrogens is 282 g/mol. The molecule has 7 heteroatoms. The summed E-state index contributed by atoms with van der Waals surface area (Å²) in [5.74, 6) is 1.23. The lowest BCUT2D eigenvalue weighted by Gasteiger charge is -2.18. The van der Waals surface area contributed by atoms with Crippen LogP contribution in [-0.4, -0.2) is 21.4 Å². The maximum atomic E-state index is 5.94. The van der Waals surface area contributed by atoms with Gasteiger partial charge in [-0.1, -0.05) is 11.6 Å². The first-order chi connectivity index (χ1) is 9.13. The third-order valence-electron chi connectivity index (χ3n) is 2.76. The minimum atomic E-state index is 0.469. The van der Waals surface area contributed by atoms with Crippen molar-refractivity contribution in [2.24, 2.45) is 0 Å². The van der Waals surface area contributed by atoms with Gasteiger partial charge < -0.3 is 15.0 Å². The molecule has 0 fully saturated rings. The van der Waals surface area contributed by atoms with Crippen LogP contribution in [0.25, 0.3) is 5.65 Å². The molecule has 0 aromatic carbocycles. The zero-order chi connectivity index (χ0) is 13.4. The van der Waals surface area contributed by atoms with Crippen LogP contribution in [0, 0.1) is 0 Å². The highest BCUT2D eigenvalue weighted by atomic mass is 35.5. The molecule has 19 heavy (non-hydrogen) atoms. The van der Waals surface area contributed by atoms with Crippen LogP contribution in [0.3, 0.4) is 0 Å². The summed E-state index contributed by atoms with van der Waals surface area (Å²) in [6, 6.07) is 3.91. The van der Waals surface area contributed by atoms with E-state index in [-0.39, 0.29) is 0 Å². The maximum absolute atomic E-state index is 5.94. The third-order valence-corrected chi connectivity index (χ3v) is 3.97. The van der Waals surface area contributed by atoms with Crippen molar-refractivity contribution in [3.63, 3.8) is 0 Å². The maximum Gasteiger partial charge on any atom is 0.180 e. The predicted molar refractivity (Wildman–Crippen MR) is 78.8 cm³/mol. The summed E-state index contributed by atoms with van der Waals surface area (Å²) in [5, 5.41) is 0. The Morgan fingerprint density at radius 2 is 2.32 bits per heavy atom. The highest BCUT2D eigenvalue weighted by molar-refractivity contribution is 7.16. The fourth-order valence-corrected chi connectivity index (χ4v) is 3.08. The van der Waals surface area contributed by atoms with Gasteiger partial charge in [0.25, 0.3) is 0 Å². The van der Waals surface area contributed by atoms with Crippen LogP contribution < -0.4 is 10.6 Å². The fourth-order valence-electron chi connectivity index (χ4n) is 1.94. The van der Waals surface area contributed by atoms with Crippen molar-refractivity contribution in [1.82, 2.24) is 14.4 Å². The second-order valence-electron chi connectivity index (χ2n) is 4.21. The van der Waals surface area contributed by atoms with Crippen LogP contribution >= 0.6 is 22.9 Å². The molecule has 3 heterocycles. The van der Waals surface area contributed by atoms with Crippen LogP contribution in [0.2, 0.25) is 4.34 Å². The molecule has 0 unspecified atom stereocenters. The molecule has 0 saturated carbocycles. The van der Waals surface area contributed by atoms with Gasteiger partial charge in [0.2, 0.25) is 0 Å². The number of hydrogen-bond acceptors (Lipinski definition) is 5. The van der Waals surface area contributed by atoms with E-state index >= 15 is 0 Å². The van der Waals surface area contributed by atoms with E-state index in [0.29, 0.717) is 5.82 Å². The lowest BCUT2D eigenvalue weighted by molar-refractivity contribution is 0.907. The molecule has 5 nitrogen and oxygen atoms in total. The molecule has 98 valence electrons. The summed E-state index contributed by atoms with van der Waals surface area (Å²) < 4.78 is 2.66. The summed E-state index contributed by atoms with van der Waals surface area (Å²) >= 11 is 7.50. The van der Waals surface area contributed by atoms with E-state index in [1.807, 2.05) is 34.7 Å². The Morgan fingerprint density at radius 1 is 1.47 bits per heavy atom. The Hall–Kier alpha value is -1.79. The van der Waals surface area contributed by atoms with Gasteiger partial charge in [0, 0.05) is 24.3 Å². The van der Waals surface area contributed by atoms with Gasteiger partial charge in [-0.25, -0.2) is 9.97 Å². The van der Waals surface area contributed by atoms with Crippen molar-refractivity contribution in [1.29, 1.82) is 0 Å². The number of anilines is 2. The van der Waals surface area contributed by atoms with Crippen LogP contribution in [0.4, 0.5) is 11.6 Å². The SMILES string of the molecule is CN(Cc1ccc(Cl)s1)c1nc(N)cn2ccnc12. The van der Waals surface area contributed by atoms with Gasteiger partial charge in [0.1, 0.15) is 5.82 Å². The average Bonchev–Trinajstić information content (AvgIpc) is 2.96. The predicted octanol–water partition coefficient (Wildman–Crippen LogP) is 2.66. The van der Waals surface area contributed by atoms with Crippen LogP contribution in [0.15, 0.2) is 30.7 Å². The third kappa shape index (κ3) is 2.36. The molecule has 0 aliphatic carbocycles. The van der Waals surface area contributed by atoms with Crippen LogP contribution in [0.5, 0.6) is 0 Å². The molecule has 0 aliphatic heterocycles. The zero-order valence-corrected chi connectivity index (χ0v) is 11.8. The number of aromatic nitrogens is 3. The van der Waals surface area contributed by atoms with E-state index in [1.54, 1.807) is 23.7 Å². The van der Waals surface area contributed by atoms with Crippen molar-refractivity contribution in [2.75, 3.05) is 17.7 Å². The number of halogens is 1. The molecule has 0 radical (unpaired) electrons. The Kier molecular flexibility index (Phi) is 3.04. The summed E-state index contributed by atoms with van der Waals surface area (Å²) in [7, 11) is 1.96. The molecule has 0 aliphatic rings. The molecule has 0 amide bonds. The largest absolute Gasteiger partial charge is 0.382 e. The first-order valence-corrected chi connectivity index (χ1v) is 6.87. The van der Waals surface area contributed by atoms with E-state index in [2.05, 4.69) is 9.97 Å². The van der Waals surface area contributed by atoms with E-state index in [9.17, 15) is 0 Å². The normalized spacial score (nSPS) is 11.1. The summed E-state index contributed by atoms with van der Waals surface area (Å²) in [4.78, 5) is 11.9. The highest BCUT2D eigenvalue weighted by Gasteiger charge is 2.12. The average molecular weight is 294 g/mol. The molecule has 2 N–H and O–H groups in total. The quantitative estimate of drug-likeness (QED) is 0.806. The van der Waals surface area contributed by atoms with Gasteiger partial charge in [-0.2, -0.15) is 0 Å². The van der Waals surface area contributed by atoms with Crippen molar-refractivity contribution < 1.29 is 0 Å². The Labute approximate surface area is 119 Å². The van der Waals surface area contributed by atoms with Crippen LogP contribution in [0.1, 0.15) is 4.88 Å². The summed E-state index contributed by atoms with van der Waals surface area (Å²) in [6.07, 6.45) is 5.34. The highest BCUT2D eigenvalue weighted by Crippen LogP contribution is 2.25. The standard InChI is InChI=1S/C12H12ClN5S/c1-17(6-8-2-3-9(13)19-8)12-11-15-4-5-18(11)7-10(14)16-12/h2-5,7H,6,14H2,1H3. The first kappa shape index (κ1) is 12.3. The molecule has 3 aromatic heterocycles. The van der Waals surface area contributed by atoms with Gasteiger partial charge in [-0.3, -0.25) is 0 Å². The van der Waals surface area contributed by atoms with E-state index in [1.165, 1.54) is 4.88 Å². The zero-order valence-electron chi connectivity index (χ0n) is 10.2. The van der Waals surface area contributed by atoms with E-state index < -0.39 is 0 Å². The number of hydrogen-bond donors (Lipinski definition) is 1. The lowest BCUT2D eigenvalue weighted by Crippen LogP contribution is -2.18. The number of fused-ring (bicyclic) bond motifs is 1. The van der Waals surface area contributed by atoms with Crippen LogP contribution in [-0.2, 0) is 6.54 Å². The number of nitrogen functional groups attached to an aromatic ring is 1. The van der Waals surface area contributed by atoms with E-state index in [0.717, 1.165) is 22.3 Å². The van der Waals surface area contributed by atoms with E-state index in [4.69, 9.17) is 17.3 Å². The minimum absolute atomic E-state index is 0.469. The Morgan fingerprint density at radius 3 is 3.05 bits per heavy atom. The molecule has 3 rings (SSSR count). The van der Waals surface area contributed by atoms with Gasteiger partial charge in [0.05, 0.1) is 17.1 Å². The summed E-state index contributed by atoms with van der Waals surface area (Å²) in [5.41, 5.74) is 6.61. The van der Waals surface area contributed by atoms with Crippen molar-refractivity contribution >= 4 is 40.2 Å². The second kappa shape index (κ2) is 4.71. The lowest BCUT2D eigenvalue weighted by atomic mass is 10.4. The van der Waals surface area contributed by atoms with Gasteiger partial charge in [-0.15, -0.1) is 11.3 Å². The van der Waals surface area contributed by atoms with Crippen molar-refractivity contribution in [3.05, 3.63) is 39.9 Å².